The van der Waals surface area contributed by atoms with E-state index in [2.05, 4.69) is 39.9 Å². The number of hydrogen-bond acceptors (Lipinski definition) is 2. The standard InChI is InChI=1S/C15H29NO/c1-11(12-8-6-7-9-12)16-13-10-14(2,3)17-15(13,4)5/h11-13,16H,6-10H2,1-5H3/t11-,13?/m0/s1. The topological polar surface area (TPSA) is 21.3 Å². The minimum absolute atomic E-state index is 0.0244. The van der Waals surface area contributed by atoms with Crippen molar-refractivity contribution in [3.63, 3.8) is 0 Å². The SMILES string of the molecule is C[C@H](NC1CC(C)(C)OC1(C)C)C1CCCC1. The van der Waals surface area contributed by atoms with Crippen LogP contribution in [0.1, 0.15) is 66.7 Å². The van der Waals surface area contributed by atoms with Crippen LogP contribution < -0.4 is 5.32 Å². The summed E-state index contributed by atoms with van der Waals surface area (Å²) >= 11 is 0. The molecule has 1 saturated carbocycles. The quantitative estimate of drug-likeness (QED) is 0.814. The Morgan fingerprint density at radius 2 is 1.71 bits per heavy atom. The van der Waals surface area contributed by atoms with Gasteiger partial charge in [-0.05, 0) is 59.8 Å². The lowest BCUT2D eigenvalue weighted by Crippen LogP contribution is -2.49. The molecular formula is C15H29NO. The second kappa shape index (κ2) is 4.55. The lowest BCUT2D eigenvalue weighted by atomic mass is 9.91. The van der Waals surface area contributed by atoms with Crippen LogP contribution in [0.3, 0.4) is 0 Å². The summed E-state index contributed by atoms with van der Waals surface area (Å²) < 4.78 is 6.15. The number of nitrogens with one attached hydrogen (secondary N) is 1. The maximum absolute atomic E-state index is 6.15. The molecule has 17 heavy (non-hydrogen) atoms. The molecule has 1 aliphatic heterocycles. The molecule has 0 aromatic carbocycles. The lowest BCUT2D eigenvalue weighted by molar-refractivity contribution is -0.0707. The van der Waals surface area contributed by atoms with Gasteiger partial charge in [-0.25, -0.2) is 0 Å². The van der Waals surface area contributed by atoms with Crippen molar-refractivity contribution in [1.82, 2.24) is 5.32 Å². The fourth-order valence-corrected chi connectivity index (χ4v) is 3.73. The van der Waals surface area contributed by atoms with Gasteiger partial charge >= 0.3 is 0 Å². The van der Waals surface area contributed by atoms with Gasteiger partial charge in [-0.1, -0.05) is 12.8 Å². The predicted molar refractivity (Wildman–Crippen MR) is 72.2 cm³/mol. The van der Waals surface area contributed by atoms with Crippen molar-refractivity contribution in [2.75, 3.05) is 0 Å². The third-order valence-electron chi connectivity index (χ3n) is 4.65. The van der Waals surface area contributed by atoms with E-state index in [4.69, 9.17) is 4.74 Å². The lowest BCUT2D eigenvalue weighted by Gasteiger charge is -2.32. The van der Waals surface area contributed by atoms with E-state index in [9.17, 15) is 0 Å². The van der Waals surface area contributed by atoms with Crippen molar-refractivity contribution in [3.05, 3.63) is 0 Å². The molecule has 2 aliphatic rings. The fourth-order valence-electron chi connectivity index (χ4n) is 3.73. The molecule has 1 heterocycles. The van der Waals surface area contributed by atoms with Gasteiger partial charge in [0, 0.05) is 12.1 Å². The molecule has 2 atom stereocenters. The molecule has 2 heteroatoms. The van der Waals surface area contributed by atoms with Crippen molar-refractivity contribution in [3.8, 4) is 0 Å². The highest BCUT2D eigenvalue weighted by Gasteiger charge is 2.46. The van der Waals surface area contributed by atoms with E-state index in [1.807, 2.05) is 0 Å². The molecule has 1 aliphatic carbocycles. The molecule has 0 aromatic rings. The summed E-state index contributed by atoms with van der Waals surface area (Å²) in [4.78, 5) is 0. The first-order valence-electron chi connectivity index (χ1n) is 7.26. The molecule has 100 valence electrons. The molecule has 0 radical (unpaired) electrons. The van der Waals surface area contributed by atoms with Crippen LogP contribution in [-0.2, 0) is 4.74 Å². The summed E-state index contributed by atoms with van der Waals surface area (Å²) in [7, 11) is 0. The molecular weight excluding hydrogens is 210 g/mol. The highest BCUT2D eigenvalue weighted by atomic mass is 16.5. The largest absolute Gasteiger partial charge is 0.368 e. The van der Waals surface area contributed by atoms with Crippen molar-refractivity contribution in [2.45, 2.75) is 90.0 Å². The summed E-state index contributed by atoms with van der Waals surface area (Å²) in [5, 5.41) is 3.84. The van der Waals surface area contributed by atoms with E-state index in [1.54, 1.807) is 0 Å². The molecule has 2 nitrogen and oxygen atoms in total. The Morgan fingerprint density at radius 3 is 2.18 bits per heavy atom. The van der Waals surface area contributed by atoms with Crippen LogP contribution in [0, 0.1) is 5.92 Å². The Bertz CT molecular complexity index is 266. The first kappa shape index (κ1) is 13.4. The van der Waals surface area contributed by atoms with Gasteiger partial charge in [-0.3, -0.25) is 0 Å². The van der Waals surface area contributed by atoms with Crippen molar-refractivity contribution in [2.24, 2.45) is 5.92 Å². The average molecular weight is 239 g/mol. The Hall–Kier alpha value is -0.0800. The Balaban J connectivity index is 1.94. The number of rotatable bonds is 3. The van der Waals surface area contributed by atoms with E-state index in [-0.39, 0.29) is 11.2 Å². The van der Waals surface area contributed by atoms with Gasteiger partial charge in [0.25, 0.3) is 0 Å². The molecule has 1 N–H and O–H groups in total. The number of ether oxygens (including phenoxy) is 1. The van der Waals surface area contributed by atoms with Gasteiger partial charge in [-0.15, -0.1) is 0 Å². The van der Waals surface area contributed by atoms with Gasteiger partial charge in [0.1, 0.15) is 0 Å². The zero-order valence-corrected chi connectivity index (χ0v) is 12.2. The molecule has 2 fully saturated rings. The smallest absolute Gasteiger partial charge is 0.0787 e. The summed E-state index contributed by atoms with van der Waals surface area (Å²) in [6, 6.07) is 1.13. The monoisotopic (exact) mass is 239 g/mol. The van der Waals surface area contributed by atoms with Gasteiger partial charge in [0.05, 0.1) is 11.2 Å². The van der Waals surface area contributed by atoms with Crippen molar-refractivity contribution >= 4 is 0 Å². The molecule has 0 aromatic heterocycles. The molecule has 1 unspecified atom stereocenters. The van der Waals surface area contributed by atoms with E-state index in [1.165, 1.54) is 25.7 Å². The molecule has 0 spiro atoms. The summed E-state index contributed by atoms with van der Waals surface area (Å²) in [5.74, 6) is 0.884. The normalized spacial score (nSPS) is 34.1. The van der Waals surface area contributed by atoms with E-state index in [0.29, 0.717) is 12.1 Å². The second-order valence-corrected chi connectivity index (χ2v) is 7.22. The highest BCUT2D eigenvalue weighted by molar-refractivity contribution is 5.00. The van der Waals surface area contributed by atoms with Crippen molar-refractivity contribution < 1.29 is 4.74 Å². The van der Waals surface area contributed by atoms with Crippen molar-refractivity contribution in [1.29, 1.82) is 0 Å². The maximum Gasteiger partial charge on any atom is 0.0787 e. The van der Waals surface area contributed by atoms with Gasteiger partial charge in [-0.2, -0.15) is 0 Å². The third kappa shape index (κ3) is 3.03. The second-order valence-electron chi connectivity index (χ2n) is 7.22. The molecule has 0 amide bonds. The fraction of sp³-hybridized carbons (Fsp3) is 1.00. The summed E-state index contributed by atoms with van der Waals surface area (Å²) in [6.07, 6.45) is 6.79. The minimum atomic E-state index is -0.0314. The maximum atomic E-state index is 6.15. The predicted octanol–water partition coefficient (Wildman–Crippen LogP) is 3.50. The van der Waals surface area contributed by atoms with Crippen LogP contribution in [0.2, 0.25) is 0 Å². The van der Waals surface area contributed by atoms with Gasteiger partial charge < -0.3 is 10.1 Å². The first-order valence-corrected chi connectivity index (χ1v) is 7.26. The highest BCUT2D eigenvalue weighted by Crippen LogP contribution is 2.38. The first-order chi connectivity index (χ1) is 7.80. The average Bonchev–Trinajstić information content (AvgIpc) is 2.72. The van der Waals surface area contributed by atoms with Crippen LogP contribution in [0.25, 0.3) is 0 Å². The van der Waals surface area contributed by atoms with E-state index >= 15 is 0 Å². The zero-order valence-electron chi connectivity index (χ0n) is 12.2. The van der Waals surface area contributed by atoms with Gasteiger partial charge in [0.2, 0.25) is 0 Å². The van der Waals surface area contributed by atoms with Crippen LogP contribution in [0.15, 0.2) is 0 Å². The van der Waals surface area contributed by atoms with Gasteiger partial charge in [0.15, 0.2) is 0 Å². The minimum Gasteiger partial charge on any atom is -0.368 e. The van der Waals surface area contributed by atoms with Crippen LogP contribution in [0.5, 0.6) is 0 Å². The van der Waals surface area contributed by atoms with Crippen LogP contribution in [0.4, 0.5) is 0 Å². The molecule has 2 rings (SSSR count). The molecule has 0 bridgehead atoms. The Morgan fingerprint density at radius 1 is 1.12 bits per heavy atom. The Kier molecular flexibility index (Phi) is 3.57. The summed E-state index contributed by atoms with van der Waals surface area (Å²) in [5.41, 5.74) is -0.00702. The van der Waals surface area contributed by atoms with Crippen LogP contribution >= 0.6 is 0 Å². The number of hydrogen-bond donors (Lipinski definition) is 1. The summed E-state index contributed by atoms with van der Waals surface area (Å²) in [6.45, 7) is 11.2. The van der Waals surface area contributed by atoms with E-state index in [0.717, 1.165) is 12.3 Å². The Labute approximate surface area is 107 Å². The van der Waals surface area contributed by atoms with E-state index < -0.39 is 0 Å². The zero-order chi connectivity index (χ0) is 12.7. The van der Waals surface area contributed by atoms with Crippen LogP contribution in [-0.4, -0.2) is 23.3 Å². The molecule has 1 saturated heterocycles. The third-order valence-corrected chi connectivity index (χ3v) is 4.65.